The van der Waals surface area contributed by atoms with Crippen molar-refractivity contribution in [1.29, 1.82) is 0 Å². The number of thiazole rings is 3. The lowest BCUT2D eigenvalue weighted by molar-refractivity contribution is 0.0199. The number of likely N-dealkylation sites (tertiary alicyclic amines) is 1. The highest BCUT2D eigenvalue weighted by atomic mass is 35.5. The van der Waals surface area contributed by atoms with Gasteiger partial charge >= 0.3 is 12.1 Å². The Hall–Kier alpha value is -6.74. The zero-order chi connectivity index (χ0) is 55.3. The minimum absolute atomic E-state index is 0.0951. The van der Waals surface area contributed by atoms with Crippen molar-refractivity contribution in [2.45, 2.75) is 64.1 Å². The average molecular weight is 1170 g/mol. The first-order valence-electron chi connectivity index (χ1n) is 22.7. The summed E-state index contributed by atoms with van der Waals surface area (Å²) >= 11 is 20.2. The predicted octanol–water partition coefficient (Wildman–Crippen LogP) is 9.87. The van der Waals surface area contributed by atoms with Crippen LogP contribution in [0.5, 0.6) is 0 Å². The summed E-state index contributed by atoms with van der Waals surface area (Å²) in [5, 5.41) is 30.0. The first-order valence-corrected chi connectivity index (χ1v) is 26.5. The fourth-order valence-corrected chi connectivity index (χ4v) is 9.33. The fourth-order valence-electron chi connectivity index (χ4n) is 6.74. The molecule has 0 radical (unpaired) electrons. The summed E-state index contributed by atoms with van der Waals surface area (Å²) in [4.78, 5) is 97.3. The quantitative estimate of drug-likeness (QED) is 0.0638. The monoisotopic (exact) mass is 1160 g/mol. The van der Waals surface area contributed by atoms with Crippen LogP contribution in [0.3, 0.4) is 0 Å². The predicted molar refractivity (Wildman–Crippen MR) is 283 cm³/mol. The summed E-state index contributed by atoms with van der Waals surface area (Å²) in [5.74, 6) is -5.16. The molecule has 0 unspecified atom stereocenters. The van der Waals surface area contributed by atoms with Crippen molar-refractivity contribution in [3.63, 3.8) is 0 Å². The number of benzene rings is 3. The van der Waals surface area contributed by atoms with Crippen LogP contribution in [0.15, 0.2) is 70.7 Å². The Kier molecular flexibility index (Phi) is 20.7. The summed E-state index contributed by atoms with van der Waals surface area (Å²) in [7, 11) is 0. The van der Waals surface area contributed by atoms with E-state index in [1.807, 2.05) is 20.8 Å². The molecular weight excluding hydrogens is 1120 g/mol. The number of halogens is 6. The van der Waals surface area contributed by atoms with Crippen molar-refractivity contribution >= 4 is 126 Å². The summed E-state index contributed by atoms with van der Waals surface area (Å²) in [6.07, 6.45) is 2.61. The van der Waals surface area contributed by atoms with Gasteiger partial charge in [-0.25, -0.2) is 37.7 Å². The van der Waals surface area contributed by atoms with Gasteiger partial charge in [0, 0.05) is 58.0 Å². The number of ether oxygens (including phenoxy) is 1. The average Bonchev–Trinajstić information content (AvgIpc) is 4.17. The normalized spacial score (nSPS) is 13.7. The first-order chi connectivity index (χ1) is 36.0. The Labute approximate surface area is 458 Å². The van der Waals surface area contributed by atoms with Gasteiger partial charge in [-0.15, -0.1) is 34.0 Å². The number of rotatable bonds is 11. The molecule has 28 heteroatoms. The Morgan fingerprint density at radius 1 is 0.592 bits per heavy atom. The molecule has 8 rings (SSSR count). The molecule has 3 aromatic carbocycles. The van der Waals surface area contributed by atoms with Crippen LogP contribution < -0.4 is 31.9 Å². The lowest BCUT2D eigenvalue weighted by Gasteiger charge is -2.33. The number of hydrogen-bond acceptors (Lipinski definition) is 15. The zero-order valence-corrected chi connectivity index (χ0v) is 45.0. The van der Waals surface area contributed by atoms with Crippen molar-refractivity contribution in [2.24, 2.45) is 0 Å². The second-order valence-electron chi connectivity index (χ2n) is 17.4. The van der Waals surface area contributed by atoms with Crippen molar-refractivity contribution in [1.82, 2.24) is 35.8 Å². The molecule has 402 valence electrons. The van der Waals surface area contributed by atoms with Crippen LogP contribution in [-0.2, 0) is 4.74 Å². The maximum atomic E-state index is 13.3. The number of nitrogens with one attached hydrogen (secondary N) is 6. The van der Waals surface area contributed by atoms with E-state index < -0.39 is 46.7 Å². The largest absolute Gasteiger partial charge is 0.476 e. The molecule has 6 aromatic rings. The standard InChI is InChI=1S/C21H24ClFN4O4S.C16H16ClFN4O2S.C11H6ClFN2O3S/c1-21(2,3)31-20(30)27-8-6-13(7-9-27)24-18(29)16-11-32-19(25-16)26-17(28)12-4-5-15(23)14(22)10-12;17-11-7-9(1-2-12(11)18)14(23)22-16-21-13(8-25-16)15(24)20-10-3-5-19-6-4-10;12-6-3-5(1-2-7(6)13)9(16)15-11-14-8(4-19-11)10(17)18/h4-5,10-11,13H,6-9H2,1-3H3,(H,24,29)(H,25,26,28);1-2,7-8,10,19H,3-6H2,(H,20,24)(H,21,22,23);1-4H,(H,17,18)(H,14,15,16). The smallest absolute Gasteiger partial charge is 0.410 e. The Morgan fingerprint density at radius 3 is 1.29 bits per heavy atom. The number of aromatic carboxylic acids is 1. The SMILES string of the molecule is CC(C)(C)OC(=O)N1CCC(NC(=O)c2csc(NC(=O)c3ccc(F)c(Cl)c3)n2)CC1.O=C(Nc1nc(C(=O)NC2CCNCC2)cs1)c1ccc(F)c(Cl)c1.O=C(Nc1nc(C(=O)O)cs1)c1ccc(F)c(Cl)c1. The minimum Gasteiger partial charge on any atom is -0.476 e. The molecule has 5 heterocycles. The number of carbonyl (C=O) groups is 7. The molecule has 0 spiro atoms. The number of hydrogen-bond donors (Lipinski definition) is 7. The molecule has 2 saturated heterocycles. The number of nitrogens with zero attached hydrogens (tertiary/aromatic N) is 4. The Morgan fingerprint density at radius 2 is 0.947 bits per heavy atom. The molecule has 0 atom stereocenters. The van der Waals surface area contributed by atoms with Crippen LogP contribution in [0.2, 0.25) is 15.1 Å². The molecule has 2 aliphatic rings. The van der Waals surface area contributed by atoms with E-state index in [1.165, 1.54) is 41.8 Å². The second kappa shape index (κ2) is 26.8. The van der Waals surface area contributed by atoms with Crippen LogP contribution in [0, 0.1) is 17.5 Å². The summed E-state index contributed by atoms with van der Waals surface area (Å²) in [6.45, 7) is 8.18. The number of aromatic nitrogens is 3. The number of amides is 6. The van der Waals surface area contributed by atoms with Crippen LogP contribution >= 0.6 is 68.8 Å². The molecule has 0 saturated carbocycles. The molecule has 6 amide bonds. The van der Waals surface area contributed by atoms with Gasteiger partial charge in [0.1, 0.15) is 34.4 Å². The maximum Gasteiger partial charge on any atom is 0.410 e. The van der Waals surface area contributed by atoms with Gasteiger partial charge in [0.15, 0.2) is 21.1 Å². The fraction of sp³-hybridized carbons (Fsp3) is 0.292. The maximum absolute atomic E-state index is 13.3. The van der Waals surface area contributed by atoms with Gasteiger partial charge < -0.3 is 30.7 Å². The molecule has 7 N–H and O–H groups in total. The molecule has 76 heavy (non-hydrogen) atoms. The van der Waals surface area contributed by atoms with Crippen LogP contribution in [0.1, 0.15) is 109 Å². The van der Waals surface area contributed by atoms with Gasteiger partial charge in [0.05, 0.1) is 15.1 Å². The van der Waals surface area contributed by atoms with Crippen LogP contribution in [-0.4, -0.2) is 110 Å². The topological polar surface area (TPSA) is 263 Å². The Bertz CT molecular complexity index is 3110. The van der Waals surface area contributed by atoms with Gasteiger partial charge in [-0.2, -0.15) is 0 Å². The van der Waals surface area contributed by atoms with Crippen molar-refractivity contribution in [3.8, 4) is 0 Å². The van der Waals surface area contributed by atoms with Crippen molar-refractivity contribution < 1.29 is 56.6 Å². The molecule has 3 aromatic heterocycles. The van der Waals surface area contributed by atoms with Gasteiger partial charge in [-0.05, 0) is 114 Å². The Balaban J connectivity index is 0.000000191. The first kappa shape index (κ1) is 58.5. The number of carbonyl (C=O) groups excluding carboxylic acids is 6. The highest BCUT2D eigenvalue weighted by Gasteiger charge is 2.28. The van der Waals surface area contributed by atoms with E-state index >= 15 is 0 Å². The lowest BCUT2D eigenvalue weighted by atomic mass is 10.1. The zero-order valence-electron chi connectivity index (χ0n) is 40.2. The highest BCUT2D eigenvalue weighted by molar-refractivity contribution is 7.14. The van der Waals surface area contributed by atoms with Gasteiger partial charge in [0.25, 0.3) is 29.5 Å². The number of piperidine rings is 2. The molecule has 0 bridgehead atoms. The lowest BCUT2D eigenvalue weighted by Crippen LogP contribution is -2.47. The third-order valence-electron chi connectivity index (χ3n) is 10.6. The molecule has 2 fully saturated rings. The van der Waals surface area contributed by atoms with Crippen molar-refractivity contribution in [2.75, 3.05) is 42.1 Å². The van der Waals surface area contributed by atoms with E-state index in [2.05, 4.69) is 46.9 Å². The second-order valence-corrected chi connectivity index (χ2v) is 21.2. The van der Waals surface area contributed by atoms with Gasteiger partial charge in [-0.3, -0.25) is 39.9 Å². The highest BCUT2D eigenvalue weighted by Crippen LogP contribution is 2.24. The third kappa shape index (κ3) is 17.4. The number of carboxylic acid groups (broad SMARTS) is 1. The third-order valence-corrected chi connectivity index (χ3v) is 13.7. The van der Waals surface area contributed by atoms with E-state index in [0.717, 1.165) is 78.1 Å². The summed E-state index contributed by atoms with van der Waals surface area (Å²) < 4.78 is 44.7. The number of carboxylic acids is 1. The van der Waals surface area contributed by atoms with Gasteiger partial charge in [-0.1, -0.05) is 34.8 Å². The van der Waals surface area contributed by atoms with E-state index in [9.17, 15) is 46.7 Å². The molecule has 0 aliphatic carbocycles. The van der Waals surface area contributed by atoms with E-state index in [1.54, 1.807) is 15.7 Å². The van der Waals surface area contributed by atoms with Gasteiger partial charge in [0.2, 0.25) is 0 Å². The summed E-state index contributed by atoms with van der Waals surface area (Å²) in [5.41, 5.74) is 0.267. The molecular formula is C48H46Cl3F3N10O9S3. The summed E-state index contributed by atoms with van der Waals surface area (Å²) in [6, 6.07) is 10.9. The van der Waals surface area contributed by atoms with Crippen LogP contribution in [0.25, 0.3) is 0 Å². The molecule has 2 aliphatic heterocycles. The molecule has 19 nitrogen and oxygen atoms in total. The van der Waals surface area contributed by atoms with E-state index in [0.29, 0.717) is 31.1 Å². The van der Waals surface area contributed by atoms with E-state index in [4.69, 9.17) is 44.6 Å². The number of anilines is 3. The van der Waals surface area contributed by atoms with Crippen LogP contribution in [0.4, 0.5) is 33.4 Å². The van der Waals surface area contributed by atoms with Crippen molar-refractivity contribution in [3.05, 3.63) is 137 Å². The minimum atomic E-state index is -1.18. The van der Waals surface area contributed by atoms with E-state index in [-0.39, 0.29) is 89.1 Å².